The van der Waals surface area contributed by atoms with E-state index in [0.29, 0.717) is 11.3 Å². The van der Waals surface area contributed by atoms with E-state index in [-0.39, 0.29) is 5.41 Å². The van der Waals surface area contributed by atoms with Crippen LogP contribution < -0.4 is 0 Å². The molecule has 0 spiro atoms. The van der Waals surface area contributed by atoms with Crippen LogP contribution in [-0.2, 0) is 0 Å². The molecule has 0 aliphatic heterocycles. The highest BCUT2D eigenvalue weighted by atomic mass is 14.3. The van der Waals surface area contributed by atoms with Crippen molar-refractivity contribution in [2.45, 2.75) is 60.8 Å². The maximum absolute atomic E-state index is 2.41. The van der Waals surface area contributed by atoms with E-state index >= 15 is 0 Å². The Morgan fingerprint density at radius 1 is 0.810 bits per heavy atom. The van der Waals surface area contributed by atoms with E-state index in [0.717, 1.165) is 0 Å². The topological polar surface area (TPSA) is 0 Å². The Morgan fingerprint density at radius 2 is 1.43 bits per heavy atom. The molecular formula is C21H30. The fraction of sp³-hybridized carbons (Fsp3) is 0.524. The zero-order chi connectivity index (χ0) is 15.8. The van der Waals surface area contributed by atoms with E-state index in [9.17, 15) is 0 Å². The highest BCUT2D eigenvalue weighted by molar-refractivity contribution is 5.83. The Bertz CT molecular complexity index is 621. The third-order valence-corrected chi connectivity index (χ3v) is 4.28. The van der Waals surface area contributed by atoms with Gasteiger partial charge in [0, 0.05) is 0 Å². The molecule has 0 heterocycles. The zero-order valence-corrected chi connectivity index (χ0v) is 14.7. The van der Waals surface area contributed by atoms with Crippen molar-refractivity contribution >= 4 is 10.8 Å². The van der Waals surface area contributed by atoms with E-state index in [4.69, 9.17) is 0 Å². The third-order valence-electron chi connectivity index (χ3n) is 4.28. The highest BCUT2D eigenvalue weighted by Crippen LogP contribution is 2.43. The Balaban J connectivity index is 2.49. The summed E-state index contributed by atoms with van der Waals surface area (Å²) in [6.45, 7) is 16.3. The van der Waals surface area contributed by atoms with Gasteiger partial charge in [0.1, 0.15) is 0 Å². The molecule has 0 aliphatic carbocycles. The lowest BCUT2D eigenvalue weighted by Crippen LogP contribution is -2.23. The molecule has 0 bridgehead atoms. The first-order valence-electron chi connectivity index (χ1n) is 8.07. The van der Waals surface area contributed by atoms with Gasteiger partial charge >= 0.3 is 0 Å². The zero-order valence-electron chi connectivity index (χ0n) is 14.7. The van der Waals surface area contributed by atoms with E-state index in [1.165, 1.54) is 28.3 Å². The van der Waals surface area contributed by atoms with Crippen LogP contribution in [0.3, 0.4) is 0 Å². The molecule has 0 heteroatoms. The maximum Gasteiger partial charge on any atom is -0.0108 e. The summed E-state index contributed by atoms with van der Waals surface area (Å²) in [5.74, 6) is 0.586. The summed E-state index contributed by atoms with van der Waals surface area (Å²) in [4.78, 5) is 0. The van der Waals surface area contributed by atoms with Gasteiger partial charge in [0.25, 0.3) is 0 Å². The van der Waals surface area contributed by atoms with Gasteiger partial charge in [-0.25, -0.2) is 0 Å². The molecule has 1 unspecified atom stereocenters. The van der Waals surface area contributed by atoms with Crippen molar-refractivity contribution in [2.75, 3.05) is 0 Å². The summed E-state index contributed by atoms with van der Waals surface area (Å²) in [6, 6.07) is 13.7. The second-order valence-electron chi connectivity index (χ2n) is 8.79. The molecule has 21 heavy (non-hydrogen) atoms. The van der Waals surface area contributed by atoms with Gasteiger partial charge in [-0.1, -0.05) is 83.5 Å². The highest BCUT2D eigenvalue weighted by Gasteiger charge is 2.30. The van der Waals surface area contributed by atoms with Crippen LogP contribution in [0.15, 0.2) is 36.4 Å². The molecule has 114 valence electrons. The lowest BCUT2D eigenvalue weighted by Gasteiger charge is -2.36. The van der Waals surface area contributed by atoms with Gasteiger partial charge in [0.2, 0.25) is 0 Å². The number of rotatable bonds is 2. The largest absolute Gasteiger partial charge is 0.0602 e. The molecule has 1 atom stereocenters. The van der Waals surface area contributed by atoms with Crippen LogP contribution in [0.2, 0.25) is 0 Å². The fourth-order valence-electron chi connectivity index (χ4n) is 3.14. The first-order chi connectivity index (χ1) is 9.56. The smallest absolute Gasteiger partial charge is 0.0108 e. The Labute approximate surface area is 130 Å². The van der Waals surface area contributed by atoms with Crippen LogP contribution in [0.4, 0.5) is 0 Å². The fourth-order valence-corrected chi connectivity index (χ4v) is 3.14. The molecule has 0 N–H and O–H groups in total. The van der Waals surface area contributed by atoms with E-state index in [1.807, 2.05) is 0 Å². The molecule has 0 fully saturated rings. The first kappa shape index (κ1) is 16.1. The molecular weight excluding hydrogens is 252 g/mol. The van der Waals surface area contributed by atoms with E-state index < -0.39 is 0 Å². The second-order valence-corrected chi connectivity index (χ2v) is 8.79. The van der Waals surface area contributed by atoms with Gasteiger partial charge in [0.15, 0.2) is 0 Å². The average Bonchev–Trinajstić information content (AvgIpc) is 2.32. The molecule has 2 aromatic carbocycles. The van der Waals surface area contributed by atoms with Gasteiger partial charge in [-0.3, -0.25) is 0 Å². The van der Waals surface area contributed by atoms with Crippen molar-refractivity contribution in [3.05, 3.63) is 47.5 Å². The van der Waals surface area contributed by atoms with Crippen molar-refractivity contribution in [2.24, 2.45) is 10.8 Å². The predicted molar refractivity (Wildman–Crippen MR) is 95.0 cm³/mol. The lowest BCUT2D eigenvalue weighted by molar-refractivity contribution is 0.229. The van der Waals surface area contributed by atoms with Crippen LogP contribution >= 0.6 is 0 Å². The number of fused-ring (bicyclic) bond motifs is 1. The van der Waals surface area contributed by atoms with Gasteiger partial charge in [-0.15, -0.1) is 0 Å². The minimum absolute atomic E-state index is 0.283. The monoisotopic (exact) mass is 282 g/mol. The van der Waals surface area contributed by atoms with Crippen molar-refractivity contribution in [1.82, 2.24) is 0 Å². The number of hydrogen-bond acceptors (Lipinski definition) is 0. The second kappa shape index (κ2) is 5.48. The normalized spacial score (nSPS) is 14.4. The van der Waals surface area contributed by atoms with Gasteiger partial charge in [-0.2, -0.15) is 0 Å². The summed E-state index contributed by atoms with van der Waals surface area (Å²) in [5.41, 5.74) is 3.45. The summed E-state index contributed by atoms with van der Waals surface area (Å²) in [6.07, 6.45) is 1.22. The number of hydrogen-bond donors (Lipinski definition) is 0. The van der Waals surface area contributed by atoms with E-state index in [2.05, 4.69) is 84.9 Å². The standard InChI is InChI=1S/C21H30/c1-15-8-9-16-10-11-17(13-18(16)12-15)19(21(5,6)7)14-20(2,3)4/h8-13,19H,14H2,1-7H3. The molecule has 0 saturated heterocycles. The Morgan fingerprint density at radius 3 is 2.00 bits per heavy atom. The van der Waals surface area contributed by atoms with Crippen molar-refractivity contribution in [1.29, 1.82) is 0 Å². The van der Waals surface area contributed by atoms with Crippen LogP contribution in [-0.4, -0.2) is 0 Å². The summed E-state index contributed by atoms with van der Waals surface area (Å²) in [5, 5.41) is 2.71. The molecule has 0 saturated carbocycles. The van der Waals surface area contributed by atoms with Crippen LogP contribution in [0.5, 0.6) is 0 Å². The first-order valence-corrected chi connectivity index (χ1v) is 8.07. The van der Waals surface area contributed by atoms with Crippen molar-refractivity contribution < 1.29 is 0 Å². The number of aryl methyl sites for hydroxylation is 1. The van der Waals surface area contributed by atoms with Crippen molar-refractivity contribution in [3.63, 3.8) is 0 Å². The minimum Gasteiger partial charge on any atom is -0.0602 e. The Hall–Kier alpha value is -1.30. The minimum atomic E-state index is 0.283. The van der Waals surface area contributed by atoms with Gasteiger partial charge in [0.05, 0.1) is 0 Å². The number of benzene rings is 2. The Kier molecular flexibility index (Phi) is 4.19. The van der Waals surface area contributed by atoms with Gasteiger partial charge in [-0.05, 0) is 46.4 Å². The molecule has 0 radical (unpaired) electrons. The molecule has 0 aliphatic rings. The summed E-state index contributed by atoms with van der Waals surface area (Å²) < 4.78 is 0. The summed E-state index contributed by atoms with van der Waals surface area (Å²) >= 11 is 0. The van der Waals surface area contributed by atoms with Crippen LogP contribution in [0, 0.1) is 17.8 Å². The van der Waals surface area contributed by atoms with Crippen LogP contribution in [0.25, 0.3) is 10.8 Å². The molecule has 0 amide bonds. The van der Waals surface area contributed by atoms with Crippen LogP contribution in [0.1, 0.15) is 65.0 Å². The van der Waals surface area contributed by atoms with E-state index in [1.54, 1.807) is 0 Å². The molecule has 2 rings (SSSR count). The molecule has 0 nitrogen and oxygen atoms in total. The lowest BCUT2D eigenvalue weighted by atomic mass is 9.69. The molecule has 2 aromatic rings. The average molecular weight is 282 g/mol. The summed E-state index contributed by atoms with van der Waals surface area (Å²) in [7, 11) is 0. The molecule has 0 aromatic heterocycles. The predicted octanol–water partition coefficient (Wildman–Crippen LogP) is 6.71. The third kappa shape index (κ3) is 4.09. The quantitative estimate of drug-likeness (QED) is 0.574. The van der Waals surface area contributed by atoms with Gasteiger partial charge < -0.3 is 0 Å². The SMILES string of the molecule is Cc1ccc2ccc(C(CC(C)(C)C)C(C)(C)C)cc2c1. The maximum atomic E-state index is 2.41. The van der Waals surface area contributed by atoms with Crippen molar-refractivity contribution in [3.8, 4) is 0 Å².